The van der Waals surface area contributed by atoms with Crippen molar-refractivity contribution in [2.75, 3.05) is 46.4 Å². The smallest absolute Gasteiger partial charge is 0.234 e. The van der Waals surface area contributed by atoms with Crippen LogP contribution in [0.15, 0.2) is 54.6 Å². The molecule has 5 heteroatoms. The summed E-state index contributed by atoms with van der Waals surface area (Å²) in [7, 11) is 2.13. The number of carbonyl (C=O) groups excluding carboxylic acids is 1. The first kappa shape index (κ1) is 19.4. The third kappa shape index (κ3) is 5.81. The summed E-state index contributed by atoms with van der Waals surface area (Å²) in [6.45, 7) is 6.24. The Morgan fingerprint density at radius 1 is 1.15 bits per heavy atom. The lowest BCUT2D eigenvalue weighted by atomic mass is 10.0. The second-order valence-corrected chi connectivity index (χ2v) is 7.17. The molecule has 27 heavy (non-hydrogen) atoms. The molecule has 0 radical (unpaired) electrons. The van der Waals surface area contributed by atoms with Gasteiger partial charge in [-0.2, -0.15) is 0 Å². The van der Waals surface area contributed by atoms with Crippen molar-refractivity contribution in [2.24, 2.45) is 0 Å². The van der Waals surface area contributed by atoms with Crippen LogP contribution in [0.4, 0.5) is 0 Å². The number of nitrogens with zero attached hydrogens (tertiary/aromatic N) is 2. The van der Waals surface area contributed by atoms with Crippen LogP contribution in [0.3, 0.4) is 0 Å². The summed E-state index contributed by atoms with van der Waals surface area (Å²) in [4.78, 5) is 17.0. The molecule has 0 aliphatic carbocycles. The lowest BCUT2D eigenvalue weighted by molar-refractivity contribution is -0.123. The van der Waals surface area contributed by atoms with E-state index in [-0.39, 0.29) is 11.9 Å². The number of piperazine rings is 1. The fourth-order valence-corrected chi connectivity index (χ4v) is 3.44. The van der Waals surface area contributed by atoms with Crippen molar-refractivity contribution in [3.8, 4) is 5.75 Å². The minimum absolute atomic E-state index is 0.0494. The number of ether oxygens (including phenoxy) is 1. The molecule has 1 unspecified atom stereocenters. The molecule has 1 heterocycles. The number of nitrogens with one attached hydrogen (secondary N) is 1. The van der Waals surface area contributed by atoms with Crippen molar-refractivity contribution < 1.29 is 9.53 Å². The molecular weight excluding hydrogens is 338 g/mol. The third-order valence-corrected chi connectivity index (χ3v) is 4.91. The fourth-order valence-electron chi connectivity index (χ4n) is 3.44. The van der Waals surface area contributed by atoms with Crippen molar-refractivity contribution in [3.05, 3.63) is 65.7 Å². The highest BCUT2D eigenvalue weighted by atomic mass is 16.5. The molecule has 144 valence electrons. The van der Waals surface area contributed by atoms with Crippen molar-refractivity contribution >= 4 is 5.91 Å². The minimum Gasteiger partial charge on any atom is -0.492 e. The summed E-state index contributed by atoms with van der Waals surface area (Å²) in [5.41, 5.74) is 2.43. The van der Waals surface area contributed by atoms with Crippen LogP contribution in [-0.2, 0) is 4.79 Å². The summed E-state index contributed by atoms with van der Waals surface area (Å²) in [6.07, 6.45) is 0. The van der Waals surface area contributed by atoms with Gasteiger partial charge in [0, 0.05) is 25.7 Å². The fraction of sp³-hybridized carbons (Fsp3) is 0.409. The molecule has 1 fully saturated rings. The van der Waals surface area contributed by atoms with Crippen LogP contribution in [0.5, 0.6) is 5.75 Å². The van der Waals surface area contributed by atoms with E-state index in [1.165, 1.54) is 11.1 Å². The van der Waals surface area contributed by atoms with Crippen LogP contribution in [0.1, 0.15) is 17.2 Å². The minimum atomic E-state index is 0.0494. The predicted octanol–water partition coefficient (Wildman–Crippen LogP) is 2.48. The number of aryl methyl sites for hydroxylation is 1. The van der Waals surface area contributed by atoms with E-state index >= 15 is 0 Å². The maximum absolute atomic E-state index is 12.4. The first-order chi connectivity index (χ1) is 13.1. The molecule has 5 nitrogen and oxygen atoms in total. The molecule has 2 aromatic carbocycles. The Bertz CT molecular complexity index is 735. The maximum atomic E-state index is 12.4. The van der Waals surface area contributed by atoms with E-state index in [1.807, 2.05) is 37.3 Å². The normalized spacial score (nSPS) is 18.2. The van der Waals surface area contributed by atoms with Crippen LogP contribution < -0.4 is 10.1 Å². The molecule has 1 aliphatic rings. The zero-order chi connectivity index (χ0) is 19.1. The molecular formula is C22H29N3O2. The van der Waals surface area contributed by atoms with Gasteiger partial charge in [0.1, 0.15) is 12.4 Å². The van der Waals surface area contributed by atoms with E-state index in [0.29, 0.717) is 19.7 Å². The van der Waals surface area contributed by atoms with Gasteiger partial charge in [0.25, 0.3) is 0 Å². The summed E-state index contributed by atoms with van der Waals surface area (Å²) in [5, 5.41) is 2.98. The Hall–Kier alpha value is -2.37. The quantitative estimate of drug-likeness (QED) is 0.764. The van der Waals surface area contributed by atoms with Gasteiger partial charge in [-0.25, -0.2) is 0 Å². The highest BCUT2D eigenvalue weighted by Gasteiger charge is 2.27. The van der Waals surface area contributed by atoms with E-state index in [4.69, 9.17) is 4.74 Å². The van der Waals surface area contributed by atoms with Gasteiger partial charge in [-0.3, -0.25) is 9.69 Å². The van der Waals surface area contributed by atoms with Crippen LogP contribution in [0.2, 0.25) is 0 Å². The van der Waals surface area contributed by atoms with E-state index in [1.54, 1.807) is 0 Å². The van der Waals surface area contributed by atoms with Crippen LogP contribution in [-0.4, -0.2) is 62.1 Å². The highest BCUT2D eigenvalue weighted by Crippen LogP contribution is 2.24. The zero-order valence-electron chi connectivity index (χ0n) is 16.2. The van der Waals surface area contributed by atoms with E-state index in [9.17, 15) is 4.79 Å². The van der Waals surface area contributed by atoms with E-state index in [0.717, 1.165) is 25.4 Å². The van der Waals surface area contributed by atoms with Crippen molar-refractivity contribution in [1.82, 2.24) is 15.1 Å². The molecule has 0 spiro atoms. The van der Waals surface area contributed by atoms with Crippen LogP contribution in [0.25, 0.3) is 0 Å². The lowest BCUT2D eigenvalue weighted by Gasteiger charge is -2.39. The lowest BCUT2D eigenvalue weighted by Crippen LogP contribution is -2.50. The third-order valence-electron chi connectivity index (χ3n) is 4.91. The van der Waals surface area contributed by atoms with Gasteiger partial charge in [-0.05, 0) is 37.2 Å². The second kappa shape index (κ2) is 9.53. The summed E-state index contributed by atoms with van der Waals surface area (Å²) < 4.78 is 5.70. The van der Waals surface area contributed by atoms with E-state index in [2.05, 4.69) is 46.4 Å². The maximum Gasteiger partial charge on any atom is 0.234 e. The van der Waals surface area contributed by atoms with E-state index < -0.39 is 0 Å². The molecule has 1 aliphatic heterocycles. The molecule has 1 atom stereocenters. The number of carbonyl (C=O) groups is 1. The Balaban J connectivity index is 1.47. The number of benzene rings is 2. The Morgan fingerprint density at radius 2 is 1.96 bits per heavy atom. The van der Waals surface area contributed by atoms with Crippen LogP contribution in [0, 0.1) is 6.92 Å². The number of hydrogen-bond donors (Lipinski definition) is 1. The molecule has 0 saturated carbocycles. The molecule has 0 aromatic heterocycles. The highest BCUT2D eigenvalue weighted by molar-refractivity contribution is 5.78. The largest absolute Gasteiger partial charge is 0.492 e. The van der Waals surface area contributed by atoms with Crippen molar-refractivity contribution in [2.45, 2.75) is 13.0 Å². The average Bonchev–Trinajstić information content (AvgIpc) is 2.67. The first-order valence-corrected chi connectivity index (χ1v) is 9.55. The van der Waals surface area contributed by atoms with Gasteiger partial charge in [0.2, 0.25) is 5.91 Å². The zero-order valence-corrected chi connectivity index (χ0v) is 16.2. The molecule has 1 amide bonds. The number of likely N-dealkylation sites (N-methyl/N-ethyl adjacent to an activating group) is 1. The monoisotopic (exact) mass is 367 g/mol. The average molecular weight is 367 g/mol. The summed E-state index contributed by atoms with van der Waals surface area (Å²) in [5.74, 6) is 0.890. The van der Waals surface area contributed by atoms with Gasteiger partial charge in [0.05, 0.1) is 13.1 Å². The molecule has 1 N–H and O–H groups in total. The Morgan fingerprint density at radius 3 is 2.74 bits per heavy atom. The topological polar surface area (TPSA) is 44.8 Å². The Kier molecular flexibility index (Phi) is 6.85. The van der Waals surface area contributed by atoms with Gasteiger partial charge in [-0.15, -0.1) is 0 Å². The van der Waals surface area contributed by atoms with Gasteiger partial charge in [-0.1, -0.05) is 42.5 Å². The van der Waals surface area contributed by atoms with Crippen molar-refractivity contribution in [3.63, 3.8) is 0 Å². The van der Waals surface area contributed by atoms with Crippen LogP contribution >= 0.6 is 0 Å². The Labute approximate surface area is 161 Å². The van der Waals surface area contributed by atoms with Gasteiger partial charge < -0.3 is 15.0 Å². The van der Waals surface area contributed by atoms with Gasteiger partial charge in [0.15, 0.2) is 0 Å². The number of hydrogen-bond acceptors (Lipinski definition) is 4. The van der Waals surface area contributed by atoms with Crippen molar-refractivity contribution in [1.29, 1.82) is 0 Å². The van der Waals surface area contributed by atoms with Gasteiger partial charge >= 0.3 is 0 Å². The number of rotatable bonds is 7. The summed E-state index contributed by atoms with van der Waals surface area (Å²) >= 11 is 0. The SMILES string of the molecule is Cc1cccc(OCCNC(=O)CN2CCN(C)CC2c2ccccc2)c1. The predicted molar refractivity (Wildman–Crippen MR) is 108 cm³/mol. The number of amides is 1. The molecule has 3 rings (SSSR count). The summed E-state index contributed by atoms with van der Waals surface area (Å²) in [6, 6.07) is 18.6. The molecule has 1 saturated heterocycles. The standard InChI is InChI=1S/C22H29N3O2/c1-18-7-6-10-20(15-18)27-14-11-23-22(26)17-25-13-12-24(2)16-21(25)19-8-4-3-5-9-19/h3-10,15,21H,11-14,16-17H2,1-2H3,(H,23,26). The second-order valence-electron chi connectivity index (χ2n) is 7.17. The molecule has 2 aromatic rings. The first-order valence-electron chi connectivity index (χ1n) is 9.55. The molecule has 0 bridgehead atoms.